The predicted octanol–water partition coefficient (Wildman–Crippen LogP) is 2.62. The van der Waals surface area contributed by atoms with E-state index in [0.717, 1.165) is 32.1 Å². The molecule has 1 unspecified atom stereocenters. The van der Waals surface area contributed by atoms with Crippen LogP contribution < -0.4 is 0 Å². The third-order valence-corrected chi connectivity index (χ3v) is 4.18. The molecule has 0 aliphatic heterocycles. The number of hydrogen-bond donors (Lipinski definition) is 0. The van der Waals surface area contributed by atoms with Gasteiger partial charge in [-0.05, 0) is 43.2 Å². The van der Waals surface area contributed by atoms with Crippen LogP contribution in [0.25, 0.3) is 0 Å². The Bertz CT molecular complexity index is 528. The third kappa shape index (κ3) is 2.35. The second kappa shape index (κ2) is 5.05. The van der Waals surface area contributed by atoms with Crippen molar-refractivity contribution in [1.82, 2.24) is 4.90 Å². The molecule has 0 N–H and O–H groups in total. The zero-order valence-corrected chi connectivity index (χ0v) is 11.0. The molecular weight excluding hydrogens is 236 g/mol. The van der Waals surface area contributed by atoms with Crippen molar-refractivity contribution in [2.24, 2.45) is 0 Å². The van der Waals surface area contributed by atoms with Gasteiger partial charge in [0.25, 0.3) is 0 Å². The minimum Gasteiger partial charge on any atom is -0.326 e. The number of carbonyl (C=O) groups is 1. The Kier molecular flexibility index (Phi) is 3.25. The summed E-state index contributed by atoms with van der Waals surface area (Å²) in [6.45, 7) is 0.238. The Morgan fingerprint density at radius 1 is 1.32 bits per heavy atom. The molecule has 0 heterocycles. The van der Waals surface area contributed by atoms with Gasteiger partial charge in [0, 0.05) is 6.04 Å². The van der Waals surface area contributed by atoms with E-state index >= 15 is 0 Å². The van der Waals surface area contributed by atoms with E-state index < -0.39 is 0 Å². The largest absolute Gasteiger partial charge is 0.326 e. The van der Waals surface area contributed by atoms with Crippen molar-refractivity contribution in [2.45, 2.75) is 44.1 Å². The summed E-state index contributed by atoms with van der Waals surface area (Å²) < 4.78 is 0. The average molecular weight is 254 g/mol. The quantitative estimate of drug-likeness (QED) is 0.778. The highest BCUT2D eigenvalue weighted by Crippen LogP contribution is 2.36. The van der Waals surface area contributed by atoms with Crippen LogP contribution in [0.3, 0.4) is 0 Å². The first-order chi connectivity index (χ1) is 9.31. The number of rotatable bonds is 3. The molecule has 1 aromatic carbocycles. The van der Waals surface area contributed by atoms with Crippen LogP contribution in [0, 0.1) is 11.3 Å². The molecule has 3 nitrogen and oxygen atoms in total. The lowest BCUT2D eigenvalue weighted by atomic mass is 9.82. The number of aryl methyl sites for hydroxylation is 1. The molecule has 0 bridgehead atoms. The van der Waals surface area contributed by atoms with Crippen LogP contribution >= 0.6 is 0 Å². The molecular formula is C16H18N2O. The molecule has 0 saturated heterocycles. The Labute approximate surface area is 113 Å². The highest BCUT2D eigenvalue weighted by Gasteiger charge is 2.37. The molecule has 2 aliphatic carbocycles. The molecule has 0 spiro atoms. The highest BCUT2D eigenvalue weighted by molar-refractivity contribution is 5.85. The number of nitrogens with zero attached hydrogens (tertiary/aromatic N) is 2. The van der Waals surface area contributed by atoms with Gasteiger partial charge in [-0.15, -0.1) is 0 Å². The van der Waals surface area contributed by atoms with Crippen LogP contribution in [0.15, 0.2) is 24.3 Å². The van der Waals surface area contributed by atoms with E-state index in [1.165, 1.54) is 11.1 Å². The number of carbonyl (C=O) groups excluding carboxylic acids is 1. The normalized spacial score (nSPS) is 21.3. The number of hydrogen-bond acceptors (Lipinski definition) is 2. The van der Waals surface area contributed by atoms with Crippen LogP contribution in [0.2, 0.25) is 0 Å². The van der Waals surface area contributed by atoms with Crippen molar-refractivity contribution in [1.29, 1.82) is 5.26 Å². The maximum absolute atomic E-state index is 12.7. The topological polar surface area (TPSA) is 44.1 Å². The predicted molar refractivity (Wildman–Crippen MR) is 72.5 cm³/mol. The van der Waals surface area contributed by atoms with Gasteiger partial charge in [-0.3, -0.25) is 4.79 Å². The summed E-state index contributed by atoms with van der Waals surface area (Å²) >= 11 is 0. The van der Waals surface area contributed by atoms with Gasteiger partial charge in [0.2, 0.25) is 5.91 Å². The SMILES string of the molecule is N#CCN(C(=O)C1CCCc2ccccc21)C1CC1. The molecule has 19 heavy (non-hydrogen) atoms. The summed E-state index contributed by atoms with van der Waals surface area (Å²) in [5, 5.41) is 8.91. The lowest BCUT2D eigenvalue weighted by molar-refractivity contribution is -0.133. The van der Waals surface area contributed by atoms with Gasteiger partial charge < -0.3 is 4.90 Å². The molecule has 1 atom stereocenters. The maximum atomic E-state index is 12.7. The van der Waals surface area contributed by atoms with Gasteiger partial charge in [0.1, 0.15) is 6.54 Å². The number of amides is 1. The van der Waals surface area contributed by atoms with Crippen LogP contribution in [-0.2, 0) is 11.2 Å². The summed E-state index contributed by atoms with van der Waals surface area (Å²) in [7, 11) is 0. The van der Waals surface area contributed by atoms with Gasteiger partial charge in [0.15, 0.2) is 0 Å². The molecule has 1 saturated carbocycles. The highest BCUT2D eigenvalue weighted by atomic mass is 16.2. The Balaban J connectivity index is 1.86. The fraction of sp³-hybridized carbons (Fsp3) is 0.500. The monoisotopic (exact) mass is 254 g/mol. The Morgan fingerprint density at radius 2 is 2.11 bits per heavy atom. The van der Waals surface area contributed by atoms with E-state index in [9.17, 15) is 4.79 Å². The second-order valence-corrected chi connectivity index (χ2v) is 5.50. The molecule has 3 rings (SSSR count). The smallest absolute Gasteiger partial charge is 0.231 e. The molecule has 1 aromatic rings. The minimum atomic E-state index is -0.0288. The zero-order chi connectivity index (χ0) is 13.2. The second-order valence-electron chi connectivity index (χ2n) is 5.50. The van der Waals surface area contributed by atoms with E-state index in [1.54, 1.807) is 4.90 Å². The lowest BCUT2D eigenvalue weighted by Gasteiger charge is -2.29. The fourth-order valence-electron chi connectivity index (χ4n) is 3.06. The number of nitriles is 1. The number of benzene rings is 1. The molecule has 3 heteroatoms. The third-order valence-electron chi connectivity index (χ3n) is 4.18. The van der Waals surface area contributed by atoms with E-state index in [1.807, 2.05) is 12.1 Å². The molecule has 1 amide bonds. The summed E-state index contributed by atoms with van der Waals surface area (Å²) in [6.07, 6.45) is 5.17. The van der Waals surface area contributed by atoms with Crippen LogP contribution in [0.5, 0.6) is 0 Å². The van der Waals surface area contributed by atoms with Gasteiger partial charge in [0.05, 0.1) is 12.0 Å². The van der Waals surface area contributed by atoms with Gasteiger partial charge in [-0.25, -0.2) is 0 Å². The van der Waals surface area contributed by atoms with E-state index in [4.69, 9.17) is 5.26 Å². The molecule has 98 valence electrons. The van der Waals surface area contributed by atoms with Crippen molar-refractivity contribution >= 4 is 5.91 Å². The standard InChI is InChI=1S/C16H18N2O/c17-10-11-18(13-8-9-13)16(19)15-7-3-5-12-4-1-2-6-14(12)15/h1-2,4,6,13,15H,3,5,7-9,11H2. The lowest BCUT2D eigenvalue weighted by Crippen LogP contribution is -2.38. The van der Waals surface area contributed by atoms with E-state index in [0.29, 0.717) is 6.04 Å². The average Bonchev–Trinajstić information content (AvgIpc) is 3.28. The summed E-state index contributed by atoms with van der Waals surface area (Å²) in [5.74, 6) is 0.134. The minimum absolute atomic E-state index is 0.0288. The summed E-state index contributed by atoms with van der Waals surface area (Å²) in [4.78, 5) is 14.5. The summed E-state index contributed by atoms with van der Waals surface area (Å²) in [6, 6.07) is 10.7. The molecule has 0 aromatic heterocycles. The van der Waals surface area contributed by atoms with Crippen molar-refractivity contribution < 1.29 is 4.79 Å². The van der Waals surface area contributed by atoms with Crippen LogP contribution in [0.4, 0.5) is 0 Å². The van der Waals surface area contributed by atoms with Gasteiger partial charge >= 0.3 is 0 Å². The van der Waals surface area contributed by atoms with Crippen molar-refractivity contribution in [2.75, 3.05) is 6.54 Å². The Morgan fingerprint density at radius 3 is 2.84 bits per heavy atom. The fourth-order valence-corrected chi connectivity index (χ4v) is 3.06. The number of fused-ring (bicyclic) bond motifs is 1. The maximum Gasteiger partial charge on any atom is 0.231 e. The molecule has 2 aliphatic rings. The molecule has 0 radical (unpaired) electrons. The van der Waals surface area contributed by atoms with Crippen LogP contribution in [-0.4, -0.2) is 23.4 Å². The zero-order valence-electron chi connectivity index (χ0n) is 11.0. The van der Waals surface area contributed by atoms with E-state index in [-0.39, 0.29) is 18.4 Å². The molecule has 1 fully saturated rings. The first-order valence-corrected chi connectivity index (χ1v) is 7.06. The van der Waals surface area contributed by atoms with Gasteiger partial charge in [-0.2, -0.15) is 5.26 Å². The first-order valence-electron chi connectivity index (χ1n) is 7.06. The Hall–Kier alpha value is -1.82. The van der Waals surface area contributed by atoms with Crippen LogP contribution in [0.1, 0.15) is 42.7 Å². The summed E-state index contributed by atoms with van der Waals surface area (Å²) in [5.41, 5.74) is 2.49. The van der Waals surface area contributed by atoms with Gasteiger partial charge in [-0.1, -0.05) is 24.3 Å². The first kappa shape index (κ1) is 12.2. The van der Waals surface area contributed by atoms with Crippen molar-refractivity contribution in [3.05, 3.63) is 35.4 Å². The van der Waals surface area contributed by atoms with Crippen molar-refractivity contribution in [3.8, 4) is 6.07 Å². The van der Waals surface area contributed by atoms with E-state index in [2.05, 4.69) is 18.2 Å². The van der Waals surface area contributed by atoms with Crippen molar-refractivity contribution in [3.63, 3.8) is 0 Å².